The third kappa shape index (κ3) is 3.43. The van der Waals surface area contributed by atoms with Crippen LogP contribution in [0.1, 0.15) is 5.56 Å². The van der Waals surface area contributed by atoms with Crippen LogP contribution in [0.25, 0.3) is 11.1 Å². The average molecular weight is 265 g/mol. The van der Waals surface area contributed by atoms with Crippen LogP contribution in [0.4, 0.5) is 0 Å². The molecule has 0 saturated heterocycles. The number of nitrogens with one attached hydrogen (secondary N) is 2. The fourth-order valence-electron chi connectivity index (χ4n) is 1.72. The molecule has 7 heteroatoms. The number of aromatic nitrogens is 1. The molecule has 0 aliphatic heterocycles. The predicted octanol–water partition coefficient (Wildman–Crippen LogP) is -0.335. The van der Waals surface area contributed by atoms with Gasteiger partial charge in [0.05, 0.1) is 5.52 Å². The zero-order chi connectivity index (χ0) is 13.8. The van der Waals surface area contributed by atoms with Gasteiger partial charge in [-0.3, -0.25) is 9.78 Å². The Bertz CT molecular complexity index is 631. The summed E-state index contributed by atoms with van der Waals surface area (Å²) >= 11 is 0. The summed E-state index contributed by atoms with van der Waals surface area (Å²) < 4.78 is 4.96. The fraction of sp³-hybridized carbons (Fsp3) is 0.333. The SMILES string of the molecule is NC(CNCCc1ccc2[nH]c(=O)oc2c1)C(=O)O. The van der Waals surface area contributed by atoms with Crippen LogP contribution < -0.4 is 16.8 Å². The van der Waals surface area contributed by atoms with Gasteiger partial charge in [-0.2, -0.15) is 0 Å². The molecule has 19 heavy (non-hydrogen) atoms. The normalized spacial score (nSPS) is 12.7. The highest BCUT2D eigenvalue weighted by Gasteiger charge is 2.09. The summed E-state index contributed by atoms with van der Waals surface area (Å²) in [5, 5.41) is 11.6. The summed E-state index contributed by atoms with van der Waals surface area (Å²) in [6.45, 7) is 0.817. The van der Waals surface area contributed by atoms with Crippen molar-refractivity contribution >= 4 is 17.1 Å². The van der Waals surface area contributed by atoms with Crippen LogP contribution in [-0.2, 0) is 11.2 Å². The summed E-state index contributed by atoms with van der Waals surface area (Å²) in [6.07, 6.45) is 0.692. The maximum Gasteiger partial charge on any atom is 0.417 e. The molecule has 1 aromatic heterocycles. The molecule has 7 nitrogen and oxygen atoms in total. The Kier molecular flexibility index (Phi) is 3.98. The number of aliphatic carboxylic acids is 1. The molecule has 0 aliphatic rings. The van der Waals surface area contributed by atoms with E-state index in [1.54, 1.807) is 12.1 Å². The third-order valence-electron chi connectivity index (χ3n) is 2.76. The van der Waals surface area contributed by atoms with Crippen LogP contribution in [-0.4, -0.2) is 35.2 Å². The molecule has 1 heterocycles. The van der Waals surface area contributed by atoms with Crippen molar-refractivity contribution in [3.63, 3.8) is 0 Å². The van der Waals surface area contributed by atoms with Gasteiger partial charge in [0.2, 0.25) is 0 Å². The van der Waals surface area contributed by atoms with E-state index in [0.717, 1.165) is 5.56 Å². The van der Waals surface area contributed by atoms with Gasteiger partial charge in [-0.1, -0.05) is 6.07 Å². The first kappa shape index (κ1) is 13.3. The maximum atomic E-state index is 11.0. The van der Waals surface area contributed by atoms with Crippen LogP contribution in [0, 0.1) is 0 Å². The molecule has 0 aliphatic carbocycles. The van der Waals surface area contributed by atoms with E-state index in [1.165, 1.54) is 0 Å². The highest BCUT2D eigenvalue weighted by atomic mass is 16.4. The molecular formula is C12H15N3O4. The summed E-state index contributed by atoms with van der Waals surface area (Å²) in [5.74, 6) is -1.50. The maximum absolute atomic E-state index is 11.0. The third-order valence-corrected chi connectivity index (χ3v) is 2.76. The summed E-state index contributed by atoms with van der Waals surface area (Å²) in [5.41, 5.74) is 7.53. The molecule has 5 N–H and O–H groups in total. The van der Waals surface area contributed by atoms with Crippen LogP contribution in [0.3, 0.4) is 0 Å². The Hall–Kier alpha value is -2.12. The van der Waals surface area contributed by atoms with Gasteiger partial charge in [0.1, 0.15) is 6.04 Å². The first-order chi connectivity index (χ1) is 9.06. The molecule has 0 radical (unpaired) electrons. The van der Waals surface area contributed by atoms with E-state index in [0.29, 0.717) is 24.1 Å². The Morgan fingerprint density at radius 2 is 2.32 bits per heavy atom. The average Bonchev–Trinajstić information content (AvgIpc) is 2.73. The van der Waals surface area contributed by atoms with Crippen LogP contribution in [0.2, 0.25) is 0 Å². The number of hydrogen-bond donors (Lipinski definition) is 4. The molecule has 1 atom stereocenters. The van der Waals surface area contributed by atoms with E-state index in [4.69, 9.17) is 15.3 Å². The number of carboxylic acids is 1. The van der Waals surface area contributed by atoms with E-state index >= 15 is 0 Å². The molecule has 2 rings (SSSR count). The van der Waals surface area contributed by atoms with Gasteiger partial charge in [0.25, 0.3) is 0 Å². The summed E-state index contributed by atoms with van der Waals surface area (Å²) in [7, 11) is 0. The number of H-pyrrole nitrogens is 1. The van der Waals surface area contributed by atoms with Gasteiger partial charge in [0.15, 0.2) is 5.58 Å². The molecule has 0 bridgehead atoms. The summed E-state index contributed by atoms with van der Waals surface area (Å²) in [6, 6.07) is 4.54. The Labute approximate surface area is 108 Å². The Morgan fingerprint density at radius 1 is 1.53 bits per heavy atom. The second-order valence-corrected chi connectivity index (χ2v) is 4.24. The molecule has 1 unspecified atom stereocenters. The second kappa shape index (κ2) is 5.68. The van der Waals surface area contributed by atoms with Gasteiger partial charge in [-0.25, -0.2) is 4.79 Å². The van der Waals surface area contributed by atoms with E-state index in [1.807, 2.05) is 6.07 Å². The van der Waals surface area contributed by atoms with Gasteiger partial charge in [-0.05, 0) is 30.7 Å². The topological polar surface area (TPSA) is 121 Å². The molecule has 1 aromatic carbocycles. The van der Waals surface area contributed by atoms with Crippen molar-refractivity contribution in [2.75, 3.05) is 13.1 Å². The zero-order valence-electron chi connectivity index (χ0n) is 10.2. The van der Waals surface area contributed by atoms with Crippen LogP contribution in [0.5, 0.6) is 0 Å². The number of carbonyl (C=O) groups is 1. The van der Waals surface area contributed by atoms with Crippen molar-refractivity contribution in [1.29, 1.82) is 0 Å². The predicted molar refractivity (Wildman–Crippen MR) is 69.0 cm³/mol. The lowest BCUT2D eigenvalue weighted by Crippen LogP contribution is -2.40. The van der Waals surface area contributed by atoms with Gasteiger partial charge >= 0.3 is 11.7 Å². The molecule has 0 amide bonds. The molecule has 0 saturated carbocycles. The molecule has 102 valence electrons. The van der Waals surface area contributed by atoms with E-state index < -0.39 is 17.8 Å². The minimum absolute atomic E-state index is 0.219. The van der Waals surface area contributed by atoms with Crippen molar-refractivity contribution < 1.29 is 14.3 Å². The van der Waals surface area contributed by atoms with Crippen molar-refractivity contribution in [2.45, 2.75) is 12.5 Å². The first-order valence-electron chi connectivity index (χ1n) is 5.87. The number of hydrogen-bond acceptors (Lipinski definition) is 5. The van der Waals surface area contributed by atoms with Gasteiger partial charge in [0, 0.05) is 6.54 Å². The Morgan fingerprint density at radius 3 is 3.05 bits per heavy atom. The highest BCUT2D eigenvalue weighted by Crippen LogP contribution is 2.12. The lowest BCUT2D eigenvalue weighted by Gasteiger charge is -2.08. The number of aromatic amines is 1. The minimum Gasteiger partial charge on any atom is -0.480 e. The number of fused-ring (bicyclic) bond motifs is 1. The lowest BCUT2D eigenvalue weighted by molar-refractivity contribution is -0.138. The van der Waals surface area contributed by atoms with Crippen LogP contribution in [0.15, 0.2) is 27.4 Å². The number of carboxylic acid groups (broad SMARTS) is 1. The largest absolute Gasteiger partial charge is 0.480 e. The van der Waals surface area contributed by atoms with Gasteiger partial charge < -0.3 is 20.6 Å². The lowest BCUT2D eigenvalue weighted by atomic mass is 10.1. The monoisotopic (exact) mass is 265 g/mol. The number of nitrogens with two attached hydrogens (primary N) is 1. The standard InChI is InChI=1S/C12H15N3O4/c13-8(11(16)17)6-14-4-3-7-1-2-9-10(5-7)19-12(18)15-9/h1-2,5,8,14H,3-4,6,13H2,(H,15,18)(H,16,17). The minimum atomic E-state index is -1.02. The van der Waals surface area contributed by atoms with Crippen molar-refractivity contribution in [3.05, 3.63) is 34.3 Å². The quantitative estimate of drug-likeness (QED) is 0.530. The van der Waals surface area contributed by atoms with Crippen LogP contribution >= 0.6 is 0 Å². The van der Waals surface area contributed by atoms with E-state index in [-0.39, 0.29) is 6.54 Å². The Balaban J connectivity index is 1.88. The highest BCUT2D eigenvalue weighted by molar-refractivity contribution is 5.73. The van der Waals surface area contributed by atoms with Crippen molar-refractivity contribution in [3.8, 4) is 0 Å². The first-order valence-corrected chi connectivity index (χ1v) is 5.87. The second-order valence-electron chi connectivity index (χ2n) is 4.24. The van der Waals surface area contributed by atoms with E-state index in [9.17, 15) is 9.59 Å². The van der Waals surface area contributed by atoms with E-state index in [2.05, 4.69) is 10.3 Å². The molecule has 0 spiro atoms. The molecular weight excluding hydrogens is 250 g/mol. The molecule has 0 fully saturated rings. The fourth-order valence-corrected chi connectivity index (χ4v) is 1.72. The zero-order valence-corrected chi connectivity index (χ0v) is 10.2. The number of rotatable bonds is 6. The molecule has 2 aromatic rings. The number of benzene rings is 1. The smallest absolute Gasteiger partial charge is 0.417 e. The van der Waals surface area contributed by atoms with Gasteiger partial charge in [-0.15, -0.1) is 0 Å². The van der Waals surface area contributed by atoms with Crippen molar-refractivity contribution in [2.24, 2.45) is 5.73 Å². The summed E-state index contributed by atoms with van der Waals surface area (Å²) in [4.78, 5) is 24.1. The van der Waals surface area contributed by atoms with Crippen molar-refractivity contribution in [1.82, 2.24) is 10.3 Å². The number of oxazole rings is 1.